The van der Waals surface area contributed by atoms with Gasteiger partial charge in [0.2, 0.25) is 11.8 Å². The molecule has 3 atom stereocenters. The van der Waals surface area contributed by atoms with E-state index >= 15 is 0 Å². The standard InChI is InChI=1S/C15H15NO2S.C14H23NO.C8H9NO2/c16-14(17)11-19(18)15(12-7-3-1-4-8-12)13-9-5-2-6-10-13;1-5-14(11(2)10-15(3)4)12-7-6-8-13(16)9-12;1-6(10)9-7-2-4-8(11)5-3-7/h1-10,15H,11H2,(H2,16,17);6-9,11,14,16H,5,10H2,1-4H3;2-5,11H,1H3,(H,9,10)/t;11-,14+;/m.0./s1. The molecule has 0 saturated carbocycles. The van der Waals surface area contributed by atoms with Crippen LogP contribution in [0.2, 0.25) is 0 Å². The van der Waals surface area contributed by atoms with Crippen molar-refractivity contribution in [2.75, 3.05) is 31.7 Å². The Labute approximate surface area is 275 Å². The molecule has 0 aliphatic carbocycles. The van der Waals surface area contributed by atoms with Crippen LogP contribution in [-0.2, 0) is 20.4 Å². The van der Waals surface area contributed by atoms with E-state index in [4.69, 9.17) is 10.8 Å². The molecule has 0 aliphatic heterocycles. The van der Waals surface area contributed by atoms with Crippen LogP contribution in [0.15, 0.2) is 109 Å². The quantitative estimate of drug-likeness (QED) is 0.139. The van der Waals surface area contributed by atoms with Gasteiger partial charge in [-0.25, -0.2) is 0 Å². The second-order valence-electron chi connectivity index (χ2n) is 11.3. The SMILES string of the molecule is CC(=O)Nc1ccc(O)cc1.CC[C@@H](c1cccc(O)c1)[C@@H](C)CN(C)C.NC(=O)CS(=O)C(c1ccccc1)c1ccccc1. The van der Waals surface area contributed by atoms with Gasteiger partial charge in [-0.05, 0) is 85.4 Å². The molecule has 0 aromatic heterocycles. The Bertz CT molecular complexity index is 1460. The summed E-state index contributed by atoms with van der Waals surface area (Å²) >= 11 is 0. The molecule has 4 rings (SSSR count). The monoisotopic (exact) mass is 645 g/mol. The number of nitrogens with two attached hydrogens (primary N) is 1. The number of nitrogens with zero attached hydrogens (tertiary/aromatic N) is 1. The molecule has 0 spiro atoms. The van der Waals surface area contributed by atoms with Crippen LogP contribution in [0.3, 0.4) is 0 Å². The third-order valence-electron chi connectivity index (χ3n) is 7.02. The number of rotatable bonds is 11. The highest BCUT2D eigenvalue weighted by Gasteiger charge is 2.22. The van der Waals surface area contributed by atoms with Crippen LogP contribution >= 0.6 is 0 Å². The molecule has 4 aromatic rings. The number of phenolic OH excluding ortho intramolecular Hbond substituents is 2. The first-order valence-electron chi connectivity index (χ1n) is 15.2. The number of hydrogen-bond donors (Lipinski definition) is 4. The number of phenols is 2. The van der Waals surface area contributed by atoms with Gasteiger partial charge in [-0.3, -0.25) is 13.8 Å². The van der Waals surface area contributed by atoms with Crippen LogP contribution in [0.5, 0.6) is 11.5 Å². The van der Waals surface area contributed by atoms with Gasteiger partial charge in [0.15, 0.2) is 0 Å². The first kappa shape index (κ1) is 37.7. The number of nitrogens with one attached hydrogen (secondary N) is 1. The minimum atomic E-state index is -1.36. The van der Waals surface area contributed by atoms with Gasteiger partial charge >= 0.3 is 0 Å². The highest BCUT2D eigenvalue weighted by Crippen LogP contribution is 2.30. The summed E-state index contributed by atoms with van der Waals surface area (Å²) in [6.07, 6.45) is 1.11. The summed E-state index contributed by atoms with van der Waals surface area (Å²) in [4.78, 5) is 23.7. The number of carbonyl (C=O) groups excluding carboxylic acids is 2. The Morgan fingerprint density at radius 2 is 1.33 bits per heavy atom. The maximum absolute atomic E-state index is 12.4. The van der Waals surface area contributed by atoms with E-state index in [-0.39, 0.29) is 22.7 Å². The third kappa shape index (κ3) is 13.7. The second kappa shape index (κ2) is 19.8. The average Bonchev–Trinajstić information content (AvgIpc) is 3.00. The molecule has 1 unspecified atom stereocenters. The Kier molecular flexibility index (Phi) is 16.2. The van der Waals surface area contributed by atoms with Gasteiger partial charge in [-0.1, -0.05) is 86.6 Å². The van der Waals surface area contributed by atoms with E-state index in [0.717, 1.165) is 24.1 Å². The zero-order valence-electron chi connectivity index (χ0n) is 27.3. The van der Waals surface area contributed by atoms with Crippen molar-refractivity contribution in [3.8, 4) is 11.5 Å². The molecule has 0 saturated heterocycles. The fourth-order valence-electron chi connectivity index (χ4n) is 5.15. The predicted octanol–water partition coefficient (Wildman–Crippen LogP) is 6.44. The highest BCUT2D eigenvalue weighted by molar-refractivity contribution is 7.86. The van der Waals surface area contributed by atoms with Gasteiger partial charge in [0.1, 0.15) is 17.3 Å². The molecule has 5 N–H and O–H groups in total. The predicted molar refractivity (Wildman–Crippen MR) is 188 cm³/mol. The number of benzene rings is 4. The molecule has 246 valence electrons. The number of carbonyl (C=O) groups is 2. The Morgan fingerprint density at radius 1 is 0.804 bits per heavy atom. The Hall–Kier alpha value is -4.47. The van der Waals surface area contributed by atoms with E-state index in [1.165, 1.54) is 24.6 Å². The lowest BCUT2D eigenvalue weighted by Gasteiger charge is -2.26. The van der Waals surface area contributed by atoms with Crippen molar-refractivity contribution in [1.82, 2.24) is 4.90 Å². The molecule has 0 bridgehead atoms. The third-order valence-corrected chi connectivity index (χ3v) is 8.66. The van der Waals surface area contributed by atoms with E-state index in [9.17, 15) is 18.9 Å². The summed E-state index contributed by atoms with van der Waals surface area (Å²) in [5.41, 5.74) is 8.94. The maximum Gasteiger partial charge on any atom is 0.230 e. The molecule has 46 heavy (non-hydrogen) atoms. The largest absolute Gasteiger partial charge is 0.508 e. The molecular formula is C37H47N3O5S. The summed E-state index contributed by atoms with van der Waals surface area (Å²) in [6.45, 7) is 7.00. The van der Waals surface area contributed by atoms with Gasteiger partial charge in [-0.2, -0.15) is 0 Å². The fourth-order valence-corrected chi connectivity index (χ4v) is 6.52. The summed E-state index contributed by atoms with van der Waals surface area (Å²) in [7, 11) is 2.84. The minimum Gasteiger partial charge on any atom is -0.508 e. The first-order valence-corrected chi connectivity index (χ1v) is 16.5. The summed E-state index contributed by atoms with van der Waals surface area (Å²) in [6, 6.07) is 33.0. The number of anilines is 1. The van der Waals surface area contributed by atoms with E-state index in [0.29, 0.717) is 23.3 Å². The molecule has 0 fully saturated rings. The van der Waals surface area contributed by atoms with Crippen LogP contribution < -0.4 is 11.1 Å². The molecule has 2 amide bonds. The molecular weight excluding hydrogens is 598 g/mol. The zero-order chi connectivity index (χ0) is 34.1. The topological polar surface area (TPSA) is 133 Å². The molecule has 0 radical (unpaired) electrons. The fraction of sp³-hybridized carbons (Fsp3) is 0.297. The van der Waals surface area contributed by atoms with Crippen molar-refractivity contribution < 1.29 is 24.0 Å². The van der Waals surface area contributed by atoms with Crippen molar-refractivity contribution in [3.63, 3.8) is 0 Å². The Balaban J connectivity index is 0.000000249. The highest BCUT2D eigenvalue weighted by atomic mass is 32.2. The van der Waals surface area contributed by atoms with Crippen LogP contribution in [-0.4, -0.2) is 57.5 Å². The first-order chi connectivity index (χ1) is 21.9. The van der Waals surface area contributed by atoms with E-state index in [1.54, 1.807) is 18.2 Å². The number of hydrogen-bond acceptors (Lipinski definition) is 6. The lowest BCUT2D eigenvalue weighted by atomic mass is 9.85. The van der Waals surface area contributed by atoms with Gasteiger partial charge in [0.25, 0.3) is 0 Å². The molecule has 4 aromatic carbocycles. The smallest absolute Gasteiger partial charge is 0.230 e. The number of amides is 2. The van der Waals surface area contributed by atoms with E-state index < -0.39 is 16.7 Å². The summed E-state index contributed by atoms with van der Waals surface area (Å²) < 4.78 is 12.4. The van der Waals surface area contributed by atoms with E-state index in [1.807, 2.05) is 72.8 Å². The number of aromatic hydroxyl groups is 2. The van der Waals surface area contributed by atoms with Crippen LogP contribution in [0, 0.1) is 5.92 Å². The van der Waals surface area contributed by atoms with Crippen molar-refractivity contribution in [2.24, 2.45) is 11.7 Å². The average molecular weight is 646 g/mol. The van der Waals surface area contributed by atoms with Crippen LogP contribution in [0.1, 0.15) is 55.1 Å². The summed E-state index contributed by atoms with van der Waals surface area (Å²) in [5.74, 6) is 0.892. The van der Waals surface area contributed by atoms with Gasteiger partial charge in [0.05, 0.1) is 5.25 Å². The lowest BCUT2D eigenvalue weighted by molar-refractivity contribution is -0.116. The summed E-state index contributed by atoms with van der Waals surface area (Å²) in [5, 5.41) is 20.6. The van der Waals surface area contributed by atoms with Crippen molar-refractivity contribution in [2.45, 2.75) is 38.4 Å². The van der Waals surface area contributed by atoms with Crippen LogP contribution in [0.25, 0.3) is 0 Å². The molecule has 9 heteroatoms. The maximum atomic E-state index is 12.4. The Morgan fingerprint density at radius 3 is 1.76 bits per heavy atom. The van der Waals surface area contributed by atoms with Crippen molar-refractivity contribution in [3.05, 3.63) is 126 Å². The van der Waals surface area contributed by atoms with Crippen molar-refractivity contribution >= 4 is 28.3 Å². The second-order valence-corrected chi connectivity index (χ2v) is 12.8. The molecule has 0 aliphatic rings. The number of primary amides is 1. The molecule has 8 nitrogen and oxygen atoms in total. The van der Waals surface area contributed by atoms with Crippen molar-refractivity contribution in [1.29, 1.82) is 0 Å². The van der Waals surface area contributed by atoms with Gasteiger partial charge in [-0.15, -0.1) is 0 Å². The molecule has 0 heterocycles. The van der Waals surface area contributed by atoms with E-state index in [2.05, 4.69) is 44.2 Å². The van der Waals surface area contributed by atoms with Gasteiger partial charge in [0, 0.05) is 30.0 Å². The van der Waals surface area contributed by atoms with Crippen LogP contribution in [0.4, 0.5) is 5.69 Å². The van der Waals surface area contributed by atoms with Gasteiger partial charge < -0.3 is 26.2 Å². The normalized spacial score (nSPS) is 12.5. The minimum absolute atomic E-state index is 0.115. The lowest BCUT2D eigenvalue weighted by Crippen LogP contribution is -2.24. The zero-order valence-corrected chi connectivity index (χ0v) is 28.1.